The van der Waals surface area contributed by atoms with E-state index in [4.69, 9.17) is 10.2 Å². The molecule has 12 heavy (non-hydrogen) atoms. The number of aliphatic hydroxyl groups excluding tert-OH is 1. The number of rotatable bonds is 6. The van der Waals surface area contributed by atoms with Crippen molar-refractivity contribution >= 4 is 5.97 Å². The average Bonchev–Trinajstić information content (AvgIpc) is 2.01. The zero-order valence-electron chi connectivity index (χ0n) is 7.42. The molecular weight excluding hydrogens is 156 g/mol. The van der Waals surface area contributed by atoms with Crippen LogP contribution in [0.5, 0.6) is 0 Å². The first-order valence-corrected chi connectivity index (χ1v) is 4.26. The largest absolute Gasteiger partial charge is 0.513 e. The minimum atomic E-state index is -0.870. The van der Waals surface area contributed by atoms with E-state index in [2.05, 4.69) is 6.92 Å². The first kappa shape index (κ1) is 11.0. The molecule has 0 saturated heterocycles. The van der Waals surface area contributed by atoms with Gasteiger partial charge in [-0.05, 0) is 18.9 Å². The lowest BCUT2D eigenvalue weighted by Gasteiger charge is -1.96. The van der Waals surface area contributed by atoms with Crippen LogP contribution in [0.3, 0.4) is 0 Å². The molecule has 2 N–H and O–H groups in total. The fraction of sp³-hybridized carbons (Fsp3) is 0.667. The van der Waals surface area contributed by atoms with Gasteiger partial charge in [0.2, 0.25) is 0 Å². The maximum absolute atomic E-state index is 10.1. The van der Waals surface area contributed by atoms with Crippen molar-refractivity contribution in [2.45, 2.75) is 39.0 Å². The molecule has 0 heterocycles. The van der Waals surface area contributed by atoms with Crippen molar-refractivity contribution < 1.29 is 15.0 Å². The van der Waals surface area contributed by atoms with Crippen molar-refractivity contribution in [3.8, 4) is 0 Å². The molecule has 0 saturated carbocycles. The van der Waals surface area contributed by atoms with Gasteiger partial charge in [-0.15, -0.1) is 0 Å². The molecule has 3 heteroatoms. The molecule has 0 amide bonds. The molecule has 0 aromatic heterocycles. The van der Waals surface area contributed by atoms with E-state index in [1.165, 1.54) is 0 Å². The van der Waals surface area contributed by atoms with Gasteiger partial charge in [0, 0.05) is 6.42 Å². The third-order valence-corrected chi connectivity index (χ3v) is 1.53. The molecule has 0 radical (unpaired) electrons. The summed E-state index contributed by atoms with van der Waals surface area (Å²) in [6.45, 7) is 2.07. The van der Waals surface area contributed by atoms with Gasteiger partial charge in [0.05, 0.1) is 12.2 Å². The van der Waals surface area contributed by atoms with E-state index >= 15 is 0 Å². The molecule has 0 bridgehead atoms. The quantitative estimate of drug-likeness (QED) is 0.478. The van der Waals surface area contributed by atoms with Gasteiger partial charge in [-0.25, -0.2) is 0 Å². The van der Waals surface area contributed by atoms with Gasteiger partial charge in [-0.2, -0.15) is 0 Å². The zero-order valence-corrected chi connectivity index (χ0v) is 7.42. The average molecular weight is 172 g/mol. The van der Waals surface area contributed by atoms with E-state index in [-0.39, 0.29) is 18.6 Å². The van der Waals surface area contributed by atoms with E-state index < -0.39 is 5.97 Å². The lowest BCUT2D eigenvalue weighted by atomic mass is 10.2. The predicted molar refractivity (Wildman–Crippen MR) is 47.1 cm³/mol. The maximum Gasteiger partial charge on any atom is 0.303 e. The highest BCUT2D eigenvalue weighted by Crippen LogP contribution is 2.04. The first-order chi connectivity index (χ1) is 5.66. The Bertz CT molecular complexity index is 161. The number of unbranched alkanes of at least 4 members (excludes halogenated alkanes) is 2. The monoisotopic (exact) mass is 172 g/mol. The Balaban J connectivity index is 3.48. The van der Waals surface area contributed by atoms with Crippen molar-refractivity contribution in [3.63, 3.8) is 0 Å². The fourth-order valence-electron chi connectivity index (χ4n) is 0.810. The molecule has 0 fully saturated rings. The number of carboxylic acid groups (broad SMARTS) is 1. The van der Waals surface area contributed by atoms with E-state index in [1.807, 2.05) is 0 Å². The number of hydrogen-bond acceptors (Lipinski definition) is 2. The van der Waals surface area contributed by atoms with Crippen LogP contribution in [-0.2, 0) is 4.79 Å². The van der Waals surface area contributed by atoms with E-state index in [0.29, 0.717) is 0 Å². The third-order valence-electron chi connectivity index (χ3n) is 1.53. The Morgan fingerprint density at radius 3 is 2.50 bits per heavy atom. The summed E-state index contributed by atoms with van der Waals surface area (Å²) in [6.07, 6.45) is 4.92. The summed E-state index contributed by atoms with van der Waals surface area (Å²) < 4.78 is 0. The SMILES string of the molecule is CCCCC=C(O)CCC(=O)O. The fourth-order valence-corrected chi connectivity index (χ4v) is 0.810. The summed E-state index contributed by atoms with van der Waals surface area (Å²) in [5.74, 6) is -0.670. The van der Waals surface area contributed by atoms with E-state index in [9.17, 15) is 4.79 Å². The van der Waals surface area contributed by atoms with Crippen LogP contribution in [0.4, 0.5) is 0 Å². The van der Waals surface area contributed by atoms with E-state index in [1.54, 1.807) is 6.08 Å². The van der Waals surface area contributed by atoms with Crippen LogP contribution in [0.2, 0.25) is 0 Å². The summed E-state index contributed by atoms with van der Waals surface area (Å²) >= 11 is 0. The van der Waals surface area contributed by atoms with Gasteiger partial charge < -0.3 is 10.2 Å². The van der Waals surface area contributed by atoms with Gasteiger partial charge in [0.15, 0.2) is 0 Å². The van der Waals surface area contributed by atoms with Crippen LogP contribution in [0.25, 0.3) is 0 Å². The summed E-state index contributed by atoms with van der Waals surface area (Å²) in [6, 6.07) is 0. The normalized spacial score (nSPS) is 11.6. The summed E-state index contributed by atoms with van der Waals surface area (Å²) in [4.78, 5) is 10.1. The minimum Gasteiger partial charge on any atom is -0.513 e. The Kier molecular flexibility index (Phi) is 6.15. The van der Waals surface area contributed by atoms with Crippen LogP contribution in [0.15, 0.2) is 11.8 Å². The lowest BCUT2D eigenvalue weighted by Crippen LogP contribution is -1.95. The number of carboxylic acids is 1. The molecule has 0 atom stereocenters. The molecule has 0 aromatic rings. The molecule has 0 aliphatic rings. The number of allylic oxidation sites excluding steroid dienone is 2. The Labute approximate surface area is 72.7 Å². The van der Waals surface area contributed by atoms with Crippen molar-refractivity contribution in [2.75, 3.05) is 0 Å². The van der Waals surface area contributed by atoms with Crippen LogP contribution in [0.1, 0.15) is 39.0 Å². The van der Waals surface area contributed by atoms with Crippen molar-refractivity contribution in [2.24, 2.45) is 0 Å². The molecule has 0 aliphatic heterocycles. The molecule has 0 unspecified atom stereocenters. The van der Waals surface area contributed by atoms with Crippen molar-refractivity contribution in [1.82, 2.24) is 0 Å². The molecule has 70 valence electrons. The number of hydrogen-bond donors (Lipinski definition) is 2. The second-order valence-electron chi connectivity index (χ2n) is 2.73. The molecular formula is C9H16O3. The summed E-state index contributed by atoms with van der Waals surface area (Å²) in [7, 11) is 0. The highest BCUT2D eigenvalue weighted by molar-refractivity contribution is 5.66. The second kappa shape index (κ2) is 6.70. The molecule has 0 aliphatic carbocycles. The predicted octanol–water partition coefficient (Wildman–Crippen LogP) is 2.48. The van der Waals surface area contributed by atoms with Crippen LogP contribution >= 0.6 is 0 Å². The Morgan fingerprint density at radius 2 is 2.00 bits per heavy atom. The zero-order chi connectivity index (χ0) is 9.40. The second-order valence-corrected chi connectivity index (χ2v) is 2.73. The third kappa shape index (κ3) is 7.12. The molecule has 3 nitrogen and oxygen atoms in total. The Morgan fingerprint density at radius 1 is 1.33 bits per heavy atom. The number of carbonyl (C=O) groups is 1. The van der Waals surface area contributed by atoms with Crippen LogP contribution in [0, 0.1) is 0 Å². The van der Waals surface area contributed by atoms with Gasteiger partial charge >= 0.3 is 5.97 Å². The highest BCUT2D eigenvalue weighted by atomic mass is 16.4. The topological polar surface area (TPSA) is 57.5 Å². The molecule has 0 rings (SSSR count). The number of aliphatic carboxylic acids is 1. The van der Waals surface area contributed by atoms with Crippen molar-refractivity contribution in [3.05, 3.63) is 11.8 Å². The van der Waals surface area contributed by atoms with Gasteiger partial charge in [-0.3, -0.25) is 4.79 Å². The van der Waals surface area contributed by atoms with Gasteiger partial charge in [0.25, 0.3) is 0 Å². The molecule has 0 spiro atoms. The van der Waals surface area contributed by atoms with Crippen LogP contribution < -0.4 is 0 Å². The van der Waals surface area contributed by atoms with Crippen molar-refractivity contribution in [1.29, 1.82) is 0 Å². The summed E-state index contributed by atoms with van der Waals surface area (Å²) in [5, 5.41) is 17.4. The molecule has 0 aromatic carbocycles. The first-order valence-electron chi connectivity index (χ1n) is 4.26. The lowest BCUT2D eigenvalue weighted by molar-refractivity contribution is -0.137. The highest BCUT2D eigenvalue weighted by Gasteiger charge is 1.98. The Hall–Kier alpha value is -0.990. The minimum absolute atomic E-state index is 0.00839. The van der Waals surface area contributed by atoms with Gasteiger partial charge in [-0.1, -0.05) is 13.3 Å². The standard InChI is InChI=1S/C9H16O3/c1-2-3-4-5-8(10)6-7-9(11)12/h5,10H,2-4,6-7H2,1H3,(H,11,12). The summed E-state index contributed by atoms with van der Waals surface area (Å²) in [5.41, 5.74) is 0. The maximum atomic E-state index is 10.1. The van der Waals surface area contributed by atoms with Crippen LogP contribution in [-0.4, -0.2) is 16.2 Å². The smallest absolute Gasteiger partial charge is 0.303 e. The van der Waals surface area contributed by atoms with Gasteiger partial charge in [0.1, 0.15) is 0 Å². The van der Waals surface area contributed by atoms with E-state index in [0.717, 1.165) is 19.3 Å². The number of aliphatic hydroxyl groups is 1.